The van der Waals surface area contributed by atoms with E-state index in [-0.39, 0.29) is 0 Å². The number of hydrogen-bond donors (Lipinski definition) is 1. The second-order valence-corrected chi connectivity index (χ2v) is 5.04. The van der Waals surface area contributed by atoms with Crippen molar-refractivity contribution in [2.24, 2.45) is 5.92 Å². The lowest BCUT2D eigenvalue weighted by Crippen LogP contribution is -2.26. The van der Waals surface area contributed by atoms with Crippen LogP contribution in [-0.2, 0) is 0 Å². The van der Waals surface area contributed by atoms with E-state index in [1.807, 2.05) is 6.92 Å². The Morgan fingerprint density at radius 1 is 1.32 bits per heavy atom. The molecule has 1 unspecified atom stereocenters. The van der Waals surface area contributed by atoms with Crippen molar-refractivity contribution >= 4 is 11.5 Å². The van der Waals surface area contributed by atoms with Gasteiger partial charge in [-0.3, -0.25) is 0 Å². The zero-order chi connectivity index (χ0) is 13.7. The molecule has 1 aliphatic rings. The third-order valence-electron chi connectivity index (χ3n) is 3.83. The lowest BCUT2D eigenvalue weighted by molar-refractivity contribution is 0.328. The third-order valence-corrected chi connectivity index (χ3v) is 3.83. The molecule has 1 fully saturated rings. The van der Waals surface area contributed by atoms with Gasteiger partial charge in [-0.1, -0.05) is 13.3 Å². The minimum absolute atomic E-state index is 0.504. The van der Waals surface area contributed by atoms with E-state index >= 15 is 0 Å². The third kappa shape index (κ3) is 3.28. The number of hydrogen-bond acceptors (Lipinski definition) is 5. The highest BCUT2D eigenvalue weighted by molar-refractivity contribution is 5.67. The minimum atomic E-state index is 0.504. The first kappa shape index (κ1) is 13.9. The minimum Gasteiger partial charge on any atom is -0.476 e. The van der Waals surface area contributed by atoms with Crippen molar-refractivity contribution in [3.63, 3.8) is 0 Å². The van der Waals surface area contributed by atoms with Gasteiger partial charge in [0, 0.05) is 13.1 Å². The van der Waals surface area contributed by atoms with E-state index in [9.17, 15) is 0 Å². The first-order valence-electron chi connectivity index (χ1n) is 7.24. The van der Waals surface area contributed by atoms with Crippen molar-refractivity contribution in [2.45, 2.75) is 39.5 Å². The molecule has 1 atom stereocenters. The van der Waals surface area contributed by atoms with Gasteiger partial charge in [0.15, 0.2) is 5.82 Å². The fraction of sp³-hybridized carbons (Fsp3) is 0.714. The van der Waals surface area contributed by atoms with E-state index < -0.39 is 0 Å². The molecule has 0 radical (unpaired) electrons. The fourth-order valence-electron chi connectivity index (χ4n) is 2.66. The van der Waals surface area contributed by atoms with E-state index in [1.165, 1.54) is 25.7 Å². The van der Waals surface area contributed by atoms with Crippen molar-refractivity contribution in [3.05, 3.63) is 6.33 Å². The van der Waals surface area contributed by atoms with Gasteiger partial charge in [-0.25, -0.2) is 4.98 Å². The molecule has 0 spiro atoms. The van der Waals surface area contributed by atoms with Crippen LogP contribution in [0.1, 0.15) is 39.5 Å². The van der Waals surface area contributed by atoms with Gasteiger partial charge < -0.3 is 15.4 Å². The lowest BCUT2D eigenvalue weighted by atomic mass is 9.98. The quantitative estimate of drug-likeness (QED) is 0.905. The molecule has 1 aromatic rings. The highest BCUT2D eigenvalue weighted by Gasteiger charge is 2.20. The molecule has 5 nitrogen and oxygen atoms in total. The van der Waals surface area contributed by atoms with Crippen molar-refractivity contribution in [1.82, 2.24) is 9.97 Å². The average Bonchev–Trinajstić information content (AvgIpc) is 2.67. The van der Waals surface area contributed by atoms with Crippen LogP contribution in [0.3, 0.4) is 0 Å². The van der Waals surface area contributed by atoms with E-state index in [2.05, 4.69) is 21.8 Å². The fourth-order valence-corrected chi connectivity index (χ4v) is 2.66. The summed E-state index contributed by atoms with van der Waals surface area (Å²) in [5.41, 5.74) is 6.70. The van der Waals surface area contributed by atoms with Crippen molar-refractivity contribution in [2.75, 3.05) is 30.3 Å². The Kier molecular flexibility index (Phi) is 4.82. The number of nitrogens with two attached hydrogens (primary N) is 1. The van der Waals surface area contributed by atoms with Gasteiger partial charge in [0.05, 0.1) is 6.61 Å². The molecule has 1 saturated heterocycles. The molecule has 5 heteroatoms. The van der Waals surface area contributed by atoms with Crippen molar-refractivity contribution in [1.29, 1.82) is 0 Å². The molecule has 0 amide bonds. The second-order valence-electron chi connectivity index (χ2n) is 5.04. The Labute approximate surface area is 115 Å². The standard InChI is InChI=1S/C14H24N4O/c1-3-11-6-5-8-18(9-7-11)13-12(15)14(19-4-2)17-10-16-13/h10-11H,3-9,15H2,1-2H3. The average molecular weight is 264 g/mol. The maximum atomic E-state index is 6.13. The number of rotatable bonds is 4. The van der Waals surface area contributed by atoms with Crippen LogP contribution in [0.15, 0.2) is 6.33 Å². The molecule has 1 aromatic heterocycles. The second kappa shape index (κ2) is 6.59. The van der Waals surface area contributed by atoms with Crippen LogP contribution in [0.2, 0.25) is 0 Å². The Balaban J connectivity index is 2.14. The summed E-state index contributed by atoms with van der Waals surface area (Å²) < 4.78 is 5.44. The molecule has 19 heavy (non-hydrogen) atoms. The summed E-state index contributed by atoms with van der Waals surface area (Å²) in [4.78, 5) is 10.7. The maximum absolute atomic E-state index is 6.13. The molecular weight excluding hydrogens is 240 g/mol. The van der Waals surface area contributed by atoms with Crippen molar-refractivity contribution < 1.29 is 4.74 Å². The van der Waals surface area contributed by atoms with Gasteiger partial charge in [0.1, 0.15) is 12.0 Å². The van der Waals surface area contributed by atoms with Gasteiger partial charge in [-0.05, 0) is 32.1 Å². The van der Waals surface area contributed by atoms with Crippen LogP contribution in [-0.4, -0.2) is 29.7 Å². The summed E-state index contributed by atoms with van der Waals surface area (Å²) in [6.07, 6.45) is 6.52. The molecule has 0 saturated carbocycles. The summed E-state index contributed by atoms with van der Waals surface area (Å²) in [6, 6.07) is 0. The molecule has 2 rings (SSSR count). The molecule has 2 heterocycles. The van der Waals surface area contributed by atoms with E-state index in [0.717, 1.165) is 24.8 Å². The van der Waals surface area contributed by atoms with Crippen LogP contribution in [0.25, 0.3) is 0 Å². The predicted molar refractivity (Wildman–Crippen MR) is 77.5 cm³/mol. The van der Waals surface area contributed by atoms with E-state index in [4.69, 9.17) is 10.5 Å². The van der Waals surface area contributed by atoms with Crippen LogP contribution >= 0.6 is 0 Å². The summed E-state index contributed by atoms with van der Waals surface area (Å²) in [5.74, 6) is 2.17. The zero-order valence-corrected chi connectivity index (χ0v) is 11.9. The Morgan fingerprint density at radius 3 is 2.89 bits per heavy atom. The monoisotopic (exact) mass is 264 g/mol. The number of anilines is 2. The van der Waals surface area contributed by atoms with Crippen LogP contribution < -0.4 is 15.4 Å². The van der Waals surface area contributed by atoms with Gasteiger partial charge in [0.25, 0.3) is 0 Å². The first-order valence-corrected chi connectivity index (χ1v) is 7.24. The summed E-state index contributed by atoms with van der Waals surface area (Å²) in [7, 11) is 0. The normalized spacial score (nSPS) is 20.1. The van der Waals surface area contributed by atoms with Crippen molar-refractivity contribution in [3.8, 4) is 5.88 Å². The predicted octanol–water partition coefficient (Wildman–Crippen LogP) is 2.47. The smallest absolute Gasteiger partial charge is 0.242 e. The SMILES string of the molecule is CCOc1ncnc(N2CCCC(CC)CC2)c1N. The molecular formula is C14H24N4O. The summed E-state index contributed by atoms with van der Waals surface area (Å²) in [6.45, 7) is 6.80. The topological polar surface area (TPSA) is 64.3 Å². The zero-order valence-electron chi connectivity index (χ0n) is 11.9. The van der Waals surface area contributed by atoms with E-state index in [1.54, 1.807) is 6.33 Å². The van der Waals surface area contributed by atoms with Crippen LogP contribution in [0.5, 0.6) is 5.88 Å². The van der Waals surface area contributed by atoms with Gasteiger partial charge in [-0.2, -0.15) is 4.98 Å². The largest absolute Gasteiger partial charge is 0.476 e. The van der Waals surface area contributed by atoms with E-state index in [0.29, 0.717) is 18.2 Å². The number of aromatic nitrogens is 2. The molecule has 2 N–H and O–H groups in total. The number of nitrogen functional groups attached to an aromatic ring is 1. The molecule has 0 aromatic carbocycles. The Morgan fingerprint density at radius 2 is 2.16 bits per heavy atom. The highest BCUT2D eigenvalue weighted by Crippen LogP contribution is 2.30. The molecule has 1 aliphatic heterocycles. The van der Waals surface area contributed by atoms with Gasteiger partial charge >= 0.3 is 0 Å². The number of ether oxygens (including phenoxy) is 1. The number of nitrogens with zero attached hydrogens (tertiary/aromatic N) is 3. The molecule has 0 aliphatic carbocycles. The summed E-state index contributed by atoms with van der Waals surface area (Å²) in [5, 5.41) is 0. The Hall–Kier alpha value is -1.52. The molecule has 0 bridgehead atoms. The van der Waals surface area contributed by atoms with Crippen LogP contribution in [0, 0.1) is 5.92 Å². The maximum Gasteiger partial charge on any atom is 0.242 e. The Bertz CT molecular complexity index is 410. The van der Waals surface area contributed by atoms with Crippen LogP contribution in [0.4, 0.5) is 11.5 Å². The lowest BCUT2D eigenvalue weighted by Gasteiger charge is -2.23. The summed E-state index contributed by atoms with van der Waals surface area (Å²) >= 11 is 0. The van der Waals surface area contributed by atoms with Gasteiger partial charge in [-0.15, -0.1) is 0 Å². The highest BCUT2D eigenvalue weighted by atomic mass is 16.5. The first-order chi connectivity index (χ1) is 9.26. The van der Waals surface area contributed by atoms with Gasteiger partial charge in [0.2, 0.25) is 5.88 Å². The molecule has 106 valence electrons.